The average molecular weight is 544 g/mol. The number of amides is 1. The van der Waals surface area contributed by atoms with Crippen LogP contribution in [0.4, 0.5) is 0 Å². The minimum Gasteiger partial charge on any atom is -0.497 e. The molecule has 0 saturated heterocycles. The maximum absolute atomic E-state index is 11.1. The van der Waals surface area contributed by atoms with Crippen molar-refractivity contribution in [3.8, 4) is 5.75 Å². The fraction of sp³-hybridized carbons (Fsp3) is 0.364. The molecule has 0 spiro atoms. The number of aryl methyl sites for hydroxylation is 1. The Morgan fingerprint density at radius 3 is 2.20 bits per heavy atom. The molecule has 7 heteroatoms. The molecule has 0 fully saturated rings. The van der Waals surface area contributed by atoms with Crippen molar-refractivity contribution in [2.24, 2.45) is 11.7 Å². The van der Waals surface area contributed by atoms with Gasteiger partial charge < -0.3 is 20.7 Å². The van der Waals surface area contributed by atoms with E-state index in [1.165, 1.54) is 16.7 Å². The molecule has 0 aliphatic carbocycles. The summed E-state index contributed by atoms with van der Waals surface area (Å²) in [6.07, 6.45) is 4.16. The molecule has 2 atom stereocenters. The summed E-state index contributed by atoms with van der Waals surface area (Å²) in [7, 11) is 3.74. The van der Waals surface area contributed by atoms with E-state index in [-0.39, 0.29) is 5.92 Å². The number of hydrogen-bond acceptors (Lipinski definition) is 6. The Morgan fingerprint density at radius 1 is 0.925 bits per heavy atom. The van der Waals surface area contributed by atoms with Gasteiger partial charge in [0.05, 0.1) is 19.8 Å². The molecule has 0 aliphatic heterocycles. The average Bonchev–Trinajstić information content (AvgIpc) is 2.98. The van der Waals surface area contributed by atoms with Crippen LogP contribution in [0.1, 0.15) is 29.5 Å². The van der Waals surface area contributed by atoms with E-state index in [4.69, 9.17) is 10.5 Å². The molecule has 1 unspecified atom stereocenters. The topological polar surface area (TPSA) is 82.9 Å². The molecule has 0 heterocycles. The molecular weight excluding hydrogens is 498 g/mol. The van der Waals surface area contributed by atoms with Gasteiger partial charge in [-0.2, -0.15) is 0 Å². The molecule has 4 N–H and O–H groups in total. The lowest BCUT2D eigenvalue weighted by molar-refractivity contribution is -0.110. The summed E-state index contributed by atoms with van der Waals surface area (Å²) in [5, 5.41) is 4.84. The Kier molecular flexibility index (Phi) is 13.2. The van der Waals surface area contributed by atoms with Gasteiger partial charge in [0, 0.05) is 38.3 Å². The first kappa shape index (κ1) is 30.9. The Hall–Kier alpha value is -3.65. The van der Waals surface area contributed by atoms with Gasteiger partial charge in [-0.3, -0.25) is 10.2 Å². The zero-order valence-electron chi connectivity index (χ0n) is 24.0. The summed E-state index contributed by atoms with van der Waals surface area (Å²) in [4.78, 5) is 13.3. The lowest BCUT2D eigenvalue weighted by Gasteiger charge is -2.35. The first-order valence-corrected chi connectivity index (χ1v) is 14.0. The number of unbranched alkanes of at least 4 members (excludes halogenated alkanes) is 1. The highest BCUT2D eigenvalue weighted by Gasteiger charge is 2.22. The lowest BCUT2D eigenvalue weighted by atomic mass is 9.95. The Bertz CT molecular complexity index is 1120. The van der Waals surface area contributed by atoms with Crippen LogP contribution in [0.2, 0.25) is 0 Å². The van der Waals surface area contributed by atoms with Crippen molar-refractivity contribution < 1.29 is 9.53 Å². The highest BCUT2D eigenvalue weighted by Crippen LogP contribution is 2.22. The van der Waals surface area contributed by atoms with Crippen molar-refractivity contribution in [3.05, 3.63) is 114 Å². The number of nitrogens with one attached hydrogen (secondary N) is 2. The Balaban J connectivity index is 1.67. The van der Waals surface area contributed by atoms with Crippen LogP contribution in [0, 0.1) is 5.92 Å². The number of benzene rings is 3. The highest BCUT2D eigenvalue weighted by molar-refractivity contribution is 5.46. The van der Waals surface area contributed by atoms with E-state index >= 15 is 0 Å². The Morgan fingerprint density at radius 2 is 1.57 bits per heavy atom. The van der Waals surface area contributed by atoms with Gasteiger partial charge in [-0.05, 0) is 54.5 Å². The number of nitrogens with two attached hydrogens (primary N) is 1. The van der Waals surface area contributed by atoms with Crippen molar-refractivity contribution in [3.63, 3.8) is 0 Å². The molecule has 214 valence electrons. The van der Waals surface area contributed by atoms with Crippen LogP contribution < -0.4 is 21.2 Å². The van der Waals surface area contributed by atoms with E-state index in [2.05, 4.69) is 94.9 Å². The van der Waals surface area contributed by atoms with E-state index < -0.39 is 6.17 Å². The molecule has 0 saturated carbocycles. The number of carbonyl (C=O) groups excluding carboxylic acids is 1. The number of hydrogen-bond donors (Lipinski definition) is 3. The van der Waals surface area contributed by atoms with Crippen molar-refractivity contribution in [2.75, 3.05) is 33.8 Å². The number of nitrogens with zero attached hydrogens (tertiary/aromatic N) is 2. The minimum atomic E-state index is -0.466. The van der Waals surface area contributed by atoms with Crippen molar-refractivity contribution in [2.45, 2.75) is 38.4 Å². The second-order valence-electron chi connectivity index (χ2n) is 10.2. The quantitative estimate of drug-likeness (QED) is 0.0902. The van der Waals surface area contributed by atoms with Crippen LogP contribution in [0.25, 0.3) is 0 Å². The lowest BCUT2D eigenvalue weighted by Crippen LogP contribution is -2.48. The zero-order valence-corrected chi connectivity index (χ0v) is 24.0. The summed E-state index contributed by atoms with van der Waals surface area (Å²) < 4.78 is 5.28. The SMILES string of the molecule is C=C([C@H](Cc1ccccc1)CN(C)NCc1ccc(OC)cc1)N(CCCCc1ccccc1)CC(N)NC=O. The van der Waals surface area contributed by atoms with Crippen molar-refractivity contribution in [1.82, 2.24) is 20.7 Å². The molecular formula is C33H45N5O2. The van der Waals surface area contributed by atoms with Crippen LogP contribution in [-0.2, 0) is 24.2 Å². The first-order chi connectivity index (χ1) is 19.5. The maximum Gasteiger partial charge on any atom is 0.208 e. The van der Waals surface area contributed by atoms with Gasteiger partial charge in [-0.15, -0.1) is 0 Å². The summed E-state index contributed by atoms with van der Waals surface area (Å²) in [5.74, 6) is 0.996. The van der Waals surface area contributed by atoms with E-state index in [1.807, 2.05) is 24.3 Å². The molecule has 0 bridgehead atoms. The first-order valence-electron chi connectivity index (χ1n) is 14.0. The maximum atomic E-state index is 11.1. The van der Waals surface area contributed by atoms with Crippen molar-refractivity contribution in [1.29, 1.82) is 0 Å². The fourth-order valence-corrected chi connectivity index (χ4v) is 4.82. The minimum absolute atomic E-state index is 0.147. The molecule has 3 rings (SSSR count). The number of methoxy groups -OCH3 is 1. The second kappa shape index (κ2) is 17.1. The van der Waals surface area contributed by atoms with Gasteiger partial charge in [0.1, 0.15) is 5.75 Å². The van der Waals surface area contributed by atoms with Crippen LogP contribution in [0.5, 0.6) is 5.75 Å². The molecule has 1 amide bonds. The van der Waals surface area contributed by atoms with Gasteiger partial charge in [0.2, 0.25) is 6.41 Å². The number of carbonyl (C=O) groups is 1. The molecule has 0 aliphatic rings. The van der Waals surface area contributed by atoms with E-state index in [0.29, 0.717) is 19.5 Å². The molecule has 3 aromatic carbocycles. The van der Waals surface area contributed by atoms with Crippen LogP contribution >= 0.6 is 0 Å². The largest absolute Gasteiger partial charge is 0.497 e. The van der Waals surface area contributed by atoms with Gasteiger partial charge in [-0.25, -0.2) is 5.01 Å². The molecule has 0 radical (unpaired) electrons. The van der Waals surface area contributed by atoms with Crippen LogP contribution in [0.3, 0.4) is 0 Å². The summed E-state index contributed by atoms with van der Waals surface area (Å²) in [6.45, 7) is 7.39. The summed E-state index contributed by atoms with van der Waals surface area (Å²) in [5.41, 5.74) is 14.6. The molecule has 40 heavy (non-hydrogen) atoms. The third kappa shape index (κ3) is 10.8. The van der Waals surface area contributed by atoms with Crippen LogP contribution in [0.15, 0.2) is 97.2 Å². The standard InChI is InChI=1S/C33H45N5O2/c1-27(38(25-33(34)35-26-39)21-11-10-14-28-12-6-4-7-13-28)31(22-29-15-8-5-9-16-29)24-37(2)36-23-30-17-19-32(40-3)20-18-30/h4-9,12-13,15-20,26,31,33,36H,1,10-11,14,21-25,34H2,2-3H3,(H,35,39)/t31-,33?/m1/s1. The Labute approximate surface area is 240 Å². The second-order valence-corrected chi connectivity index (χ2v) is 10.2. The van der Waals surface area contributed by atoms with E-state index in [9.17, 15) is 4.79 Å². The third-order valence-electron chi connectivity index (χ3n) is 7.09. The van der Waals surface area contributed by atoms with E-state index in [0.717, 1.165) is 50.2 Å². The summed E-state index contributed by atoms with van der Waals surface area (Å²) in [6, 6.07) is 29.2. The zero-order chi connectivity index (χ0) is 28.6. The normalized spacial score (nSPS) is 12.5. The fourth-order valence-electron chi connectivity index (χ4n) is 4.82. The van der Waals surface area contributed by atoms with Crippen molar-refractivity contribution >= 4 is 6.41 Å². The van der Waals surface area contributed by atoms with Gasteiger partial charge in [-0.1, -0.05) is 79.4 Å². The highest BCUT2D eigenvalue weighted by atomic mass is 16.5. The van der Waals surface area contributed by atoms with Gasteiger partial charge in [0.15, 0.2) is 0 Å². The molecule has 3 aromatic rings. The van der Waals surface area contributed by atoms with Crippen LogP contribution in [-0.4, -0.2) is 56.3 Å². The van der Waals surface area contributed by atoms with Gasteiger partial charge >= 0.3 is 0 Å². The number of hydrazine groups is 1. The smallest absolute Gasteiger partial charge is 0.208 e. The predicted octanol–water partition coefficient (Wildman–Crippen LogP) is 4.36. The molecule has 0 aromatic heterocycles. The number of ether oxygens (including phenoxy) is 1. The summed E-state index contributed by atoms with van der Waals surface area (Å²) >= 11 is 0. The third-order valence-corrected chi connectivity index (χ3v) is 7.09. The monoisotopic (exact) mass is 543 g/mol. The number of rotatable bonds is 19. The van der Waals surface area contributed by atoms with E-state index in [1.54, 1.807) is 7.11 Å². The molecule has 7 nitrogen and oxygen atoms in total. The predicted molar refractivity (Wildman–Crippen MR) is 163 cm³/mol. The van der Waals surface area contributed by atoms with Gasteiger partial charge in [0.25, 0.3) is 0 Å².